The van der Waals surface area contributed by atoms with Gasteiger partial charge in [-0.05, 0) is 106 Å². The third-order valence-electron chi connectivity index (χ3n) is 12.9. The van der Waals surface area contributed by atoms with Crippen LogP contribution in [0.15, 0.2) is 154 Å². The average Bonchev–Trinajstić information content (AvgIpc) is 3.58. The predicted molar refractivity (Wildman–Crippen MR) is 242 cm³/mol. The monoisotopic (exact) mass is 774 g/mol. The van der Waals surface area contributed by atoms with E-state index in [0.717, 1.165) is 62.8 Å². The number of sulfone groups is 1. The van der Waals surface area contributed by atoms with Crippen LogP contribution in [-0.2, 0) is 20.7 Å². The quantitative estimate of drug-likeness (QED) is 0.134. The molecule has 57 heavy (non-hydrogen) atoms. The van der Waals surface area contributed by atoms with Gasteiger partial charge in [-0.3, -0.25) is 0 Å². The number of benzene rings is 5. The highest BCUT2D eigenvalue weighted by Gasteiger charge is 2.44. The highest BCUT2D eigenvalue weighted by Crippen LogP contribution is 2.52. The topological polar surface area (TPSA) is 40.6 Å². The molecule has 0 amide bonds. The summed E-state index contributed by atoms with van der Waals surface area (Å²) in [4.78, 5) is 5.90. The molecule has 2 aliphatic heterocycles. The lowest BCUT2D eigenvalue weighted by molar-refractivity contribution is 0.473. The number of nitrogens with zero attached hydrogens (tertiary/aromatic N) is 2. The Balaban J connectivity index is 1.27. The summed E-state index contributed by atoms with van der Waals surface area (Å²) in [6.07, 6.45) is 15.6. The van der Waals surface area contributed by atoms with Crippen molar-refractivity contribution in [3.8, 4) is 0 Å². The Morgan fingerprint density at radius 2 is 1.30 bits per heavy atom. The van der Waals surface area contributed by atoms with Crippen molar-refractivity contribution in [2.45, 2.75) is 108 Å². The minimum absolute atomic E-state index is 0.0780. The zero-order chi connectivity index (χ0) is 40.0. The first kappa shape index (κ1) is 39.0. The highest BCUT2D eigenvalue weighted by molar-refractivity contribution is 7.95. The molecule has 0 aromatic heterocycles. The molecule has 4 nitrogen and oxygen atoms in total. The molecule has 294 valence electrons. The summed E-state index contributed by atoms with van der Waals surface area (Å²) < 4.78 is 29.9. The Morgan fingerprint density at radius 1 is 0.684 bits per heavy atom. The van der Waals surface area contributed by atoms with Gasteiger partial charge in [0.2, 0.25) is 9.84 Å². The number of anilines is 2. The van der Waals surface area contributed by atoms with Crippen molar-refractivity contribution in [2.75, 3.05) is 22.9 Å². The predicted octanol–water partition coefficient (Wildman–Crippen LogP) is 13.1. The maximum absolute atomic E-state index is 14.9. The Morgan fingerprint density at radius 3 is 1.98 bits per heavy atom. The van der Waals surface area contributed by atoms with Gasteiger partial charge in [0.25, 0.3) is 0 Å². The fourth-order valence-corrected chi connectivity index (χ4v) is 11.8. The molecule has 8 rings (SSSR count). The number of rotatable bonds is 11. The second kappa shape index (κ2) is 15.5. The first-order chi connectivity index (χ1) is 27.5. The lowest BCUT2D eigenvalue weighted by Gasteiger charge is -2.33. The first-order valence-corrected chi connectivity index (χ1v) is 22.7. The van der Waals surface area contributed by atoms with Gasteiger partial charge >= 0.3 is 0 Å². The van der Waals surface area contributed by atoms with Gasteiger partial charge in [-0.2, -0.15) is 0 Å². The minimum Gasteiger partial charge on any atom is -0.364 e. The van der Waals surface area contributed by atoms with Crippen molar-refractivity contribution in [3.05, 3.63) is 160 Å². The lowest BCUT2D eigenvalue weighted by Crippen LogP contribution is -2.40. The van der Waals surface area contributed by atoms with Gasteiger partial charge in [-0.25, -0.2) is 8.42 Å². The van der Waals surface area contributed by atoms with Gasteiger partial charge in [0.15, 0.2) is 0 Å². The molecule has 0 radical (unpaired) electrons. The molecule has 5 heteroatoms. The molecule has 1 aliphatic carbocycles. The summed E-state index contributed by atoms with van der Waals surface area (Å²) in [5, 5.41) is 5.09. The summed E-state index contributed by atoms with van der Waals surface area (Å²) in [6.45, 7) is 15.8. The molecule has 0 spiro atoms. The van der Waals surface area contributed by atoms with E-state index >= 15 is 0 Å². The van der Waals surface area contributed by atoms with E-state index in [1.165, 1.54) is 49.7 Å². The van der Waals surface area contributed by atoms with E-state index in [-0.39, 0.29) is 16.9 Å². The Labute approximate surface area is 341 Å². The molecule has 0 bridgehead atoms. The van der Waals surface area contributed by atoms with Crippen molar-refractivity contribution >= 4 is 42.8 Å². The maximum Gasteiger partial charge on any atom is 0.207 e. The first-order valence-electron chi connectivity index (χ1n) is 21.2. The van der Waals surface area contributed by atoms with Gasteiger partial charge in [0, 0.05) is 41.0 Å². The second-order valence-electron chi connectivity index (χ2n) is 17.3. The molecule has 5 aromatic rings. The summed E-state index contributed by atoms with van der Waals surface area (Å²) in [5.74, 6) is 0. The van der Waals surface area contributed by atoms with E-state index in [4.69, 9.17) is 0 Å². The van der Waals surface area contributed by atoms with Crippen LogP contribution in [0, 0.1) is 0 Å². The molecule has 5 aromatic carbocycles. The molecular weight excluding hydrogens is 717 g/mol. The van der Waals surface area contributed by atoms with Crippen molar-refractivity contribution < 1.29 is 8.42 Å². The summed E-state index contributed by atoms with van der Waals surface area (Å²) >= 11 is 0. The third-order valence-corrected chi connectivity index (χ3v) is 14.9. The molecule has 0 saturated carbocycles. The Bertz CT molecular complexity index is 2560. The van der Waals surface area contributed by atoms with Crippen LogP contribution in [0.4, 0.5) is 11.4 Å². The van der Waals surface area contributed by atoms with Crippen LogP contribution in [0.5, 0.6) is 0 Å². The van der Waals surface area contributed by atoms with Crippen molar-refractivity contribution in [3.63, 3.8) is 0 Å². The van der Waals surface area contributed by atoms with Gasteiger partial charge in [-0.15, -0.1) is 0 Å². The smallest absolute Gasteiger partial charge is 0.207 e. The zero-order valence-electron chi connectivity index (χ0n) is 34.7. The highest BCUT2D eigenvalue weighted by atomic mass is 32.2. The van der Waals surface area contributed by atoms with E-state index < -0.39 is 9.84 Å². The molecule has 0 saturated heterocycles. The summed E-state index contributed by atoms with van der Waals surface area (Å²) in [7, 11) is -3.83. The van der Waals surface area contributed by atoms with Crippen LogP contribution in [-0.4, -0.2) is 27.5 Å². The van der Waals surface area contributed by atoms with E-state index in [9.17, 15) is 8.42 Å². The van der Waals surface area contributed by atoms with Gasteiger partial charge in [0.05, 0.1) is 15.8 Å². The molecule has 0 N–H and O–H groups in total. The van der Waals surface area contributed by atoms with Crippen LogP contribution in [0.25, 0.3) is 21.5 Å². The Hall–Kier alpha value is -4.87. The fraction of sp³-hybridized carbons (Fsp3) is 0.346. The number of hydrogen-bond acceptors (Lipinski definition) is 4. The number of fused-ring (bicyclic) bond motifs is 6. The van der Waals surface area contributed by atoms with Crippen molar-refractivity contribution in [1.29, 1.82) is 0 Å². The van der Waals surface area contributed by atoms with Crippen LogP contribution in [0.3, 0.4) is 0 Å². The van der Waals surface area contributed by atoms with E-state index in [1.54, 1.807) is 12.1 Å². The number of unbranched alkanes of at least 4 members (excludes halogenated alkanes) is 2. The van der Waals surface area contributed by atoms with Crippen LogP contribution < -0.4 is 9.80 Å². The minimum atomic E-state index is -3.83. The summed E-state index contributed by atoms with van der Waals surface area (Å²) in [5.41, 5.74) is 7.86. The number of hydrogen-bond donors (Lipinski definition) is 0. The normalized spacial score (nSPS) is 20.4. The van der Waals surface area contributed by atoms with E-state index in [0.29, 0.717) is 16.2 Å². The fourth-order valence-electron chi connectivity index (χ4n) is 10.1. The standard InChI is InChI=1S/C52H58N2O2S/c1-7-9-35-53-44-31-27-37-19-14-16-25-42(37)48(44)51(3,4)46(53)33-29-39-21-18-22-40(50(39)57(55,56)41-23-12-11-13-24-41)30-34-47-52(5,6)49-43-26-17-15-20-38(43)28-32-45(49)54(47)36-10-8-2/h11-17,19-20,23-34,46H,7-10,18,21-22,35-36H2,1-6H3/b33-29+,40-30+,47-34+. The SMILES string of the molecule is CCCCN1/C(=C/C=C2\CCCC(/C=C/C3N(CCCC)c4ccc5ccccc5c4C3(C)C)=C2S(=O)(=O)c2ccccc2)C(C)(C)c2c1ccc1ccccc21. The van der Waals surface area contributed by atoms with Crippen LogP contribution >= 0.6 is 0 Å². The molecule has 1 unspecified atom stereocenters. The van der Waals surface area contributed by atoms with Crippen LogP contribution in [0.2, 0.25) is 0 Å². The van der Waals surface area contributed by atoms with E-state index in [1.807, 2.05) is 18.2 Å². The molecule has 1 atom stereocenters. The van der Waals surface area contributed by atoms with Gasteiger partial charge < -0.3 is 9.80 Å². The summed E-state index contributed by atoms with van der Waals surface area (Å²) in [6, 6.07) is 35.6. The number of allylic oxidation sites excluding steroid dienone is 6. The van der Waals surface area contributed by atoms with Crippen LogP contribution in [0.1, 0.15) is 97.6 Å². The Kier molecular flexibility index (Phi) is 10.6. The lowest BCUT2D eigenvalue weighted by atomic mass is 9.78. The average molecular weight is 775 g/mol. The molecule has 3 aliphatic rings. The van der Waals surface area contributed by atoms with Crippen molar-refractivity contribution in [1.82, 2.24) is 0 Å². The second-order valence-corrected chi connectivity index (χ2v) is 19.2. The maximum atomic E-state index is 14.9. The van der Waals surface area contributed by atoms with Gasteiger partial charge in [0.1, 0.15) is 0 Å². The van der Waals surface area contributed by atoms with Gasteiger partial charge in [-0.1, -0.05) is 151 Å². The largest absolute Gasteiger partial charge is 0.364 e. The molecule has 0 fully saturated rings. The third kappa shape index (κ3) is 6.76. The van der Waals surface area contributed by atoms with E-state index in [2.05, 4.69) is 148 Å². The molecular formula is C52H58N2O2S. The zero-order valence-corrected chi connectivity index (χ0v) is 35.5. The van der Waals surface area contributed by atoms with Crippen molar-refractivity contribution in [2.24, 2.45) is 0 Å². The molecule has 2 heterocycles.